The van der Waals surface area contributed by atoms with Crippen LogP contribution in [0.1, 0.15) is 53.9 Å². The normalized spacial score (nSPS) is 15.9. The fourth-order valence-corrected chi connectivity index (χ4v) is 1.70. The van der Waals surface area contributed by atoms with Crippen molar-refractivity contribution >= 4 is 0 Å². The summed E-state index contributed by atoms with van der Waals surface area (Å²) in [5, 5.41) is 11.6. The summed E-state index contributed by atoms with van der Waals surface area (Å²) in [6.45, 7) is 15.5. The molecule has 0 saturated carbocycles. The lowest BCUT2D eigenvalue weighted by atomic mass is 9.94. The van der Waals surface area contributed by atoms with Crippen molar-refractivity contribution in [1.82, 2.24) is 5.06 Å². The molecule has 0 aliphatic carbocycles. The van der Waals surface area contributed by atoms with Crippen molar-refractivity contribution < 1.29 is 9.94 Å². The van der Waals surface area contributed by atoms with E-state index in [1.807, 2.05) is 31.9 Å². The van der Waals surface area contributed by atoms with Gasteiger partial charge >= 0.3 is 0 Å². The summed E-state index contributed by atoms with van der Waals surface area (Å²) in [4.78, 5) is 5.93. The number of rotatable bonds is 9. The summed E-state index contributed by atoms with van der Waals surface area (Å²) in [7, 11) is 0. The second-order valence-corrected chi connectivity index (χ2v) is 5.39. The lowest BCUT2D eigenvalue weighted by molar-refractivity contribution is -0.221. The number of nitrogens with zero attached hydrogens (tertiary/aromatic N) is 1. The molecule has 102 valence electrons. The number of hydroxylamine groups is 2. The molecule has 0 spiro atoms. The highest BCUT2D eigenvalue weighted by molar-refractivity contribution is 4.93. The number of hydrogen-bond donors (Lipinski definition) is 1. The molecule has 0 aromatic heterocycles. The van der Waals surface area contributed by atoms with Gasteiger partial charge in [0.2, 0.25) is 0 Å². The van der Waals surface area contributed by atoms with Gasteiger partial charge in [0.05, 0.1) is 5.60 Å². The molecule has 3 nitrogen and oxygen atoms in total. The van der Waals surface area contributed by atoms with Crippen molar-refractivity contribution in [3.8, 4) is 0 Å². The molecular weight excluding hydrogens is 214 g/mol. The highest BCUT2D eigenvalue weighted by atomic mass is 16.7. The Kier molecular flexibility index (Phi) is 6.98. The van der Waals surface area contributed by atoms with Crippen molar-refractivity contribution in [2.24, 2.45) is 0 Å². The molecule has 0 aromatic rings. The Labute approximate surface area is 106 Å². The molecule has 0 radical (unpaired) electrons. The minimum Gasteiger partial charge on any atom is -0.390 e. The van der Waals surface area contributed by atoms with E-state index in [2.05, 4.69) is 20.4 Å². The number of aliphatic hydroxyl groups is 1. The lowest BCUT2D eigenvalue weighted by Crippen LogP contribution is -2.37. The van der Waals surface area contributed by atoms with Crippen molar-refractivity contribution in [2.45, 2.75) is 65.1 Å². The van der Waals surface area contributed by atoms with Crippen LogP contribution in [0.25, 0.3) is 0 Å². The van der Waals surface area contributed by atoms with Gasteiger partial charge in [-0.3, -0.25) is 4.84 Å². The minimum absolute atomic E-state index is 0.336. The smallest absolute Gasteiger partial charge is 0.105 e. The van der Waals surface area contributed by atoms with Crippen LogP contribution in [-0.2, 0) is 4.84 Å². The zero-order chi connectivity index (χ0) is 13.5. The molecule has 1 unspecified atom stereocenters. The van der Waals surface area contributed by atoms with Crippen LogP contribution < -0.4 is 0 Å². The Morgan fingerprint density at radius 1 is 1.18 bits per heavy atom. The molecule has 17 heavy (non-hydrogen) atoms. The van der Waals surface area contributed by atoms with Gasteiger partial charge in [0.15, 0.2) is 0 Å². The van der Waals surface area contributed by atoms with Gasteiger partial charge in [0.25, 0.3) is 0 Å². The molecule has 3 heteroatoms. The molecule has 1 atom stereocenters. The first-order chi connectivity index (χ1) is 7.76. The summed E-state index contributed by atoms with van der Waals surface area (Å²) in [5.74, 6) is 0. The number of hydrogen-bond acceptors (Lipinski definition) is 3. The topological polar surface area (TPSA) is 32.7 Å². The SMILES string of the molecule is C=CC(C)(CCCC(C)(C)O)ON(CC)CC. The second-order valence-electron chi connectivity index (χ2n) is 5.39. The molecule has 0 fully saturated rings. The zero-order valence-electron chi connectivity index (χ0n) is 12.1. The highest BCUT2D eigenvalue weighted by Gasteiger charge is 2.25. The van der Waals surface area contributed by atoms with E-state index in [1.165, 1.54) is 0 Å². The van der Waals surface area contributed by atoms with Gasteiger partial charge in [0.1, 0.15) is 5.60 Å². The largest absolute Gasteiger partial charge is 0.390 e. The third-order valence-electron chi connectivity index (χ3n) is 2.94. The Bertz CT molecular complexity index is 219. The third kappa shape index (κ3) is 7.53. The van der Waals surface area contributed by atoms with Crippen molar-refractivity contribution in [3.05, 3.63) is 12.7 Å². The standard InChI is InChI=1S/C14H29NO2/c1-7-14(6,17-15(8-2)9-3)12-10-11-13(4,5)16/h7,16H,1,8-12H2,2-6H3. The average Bonchev–Trinajstić information content (AvgIpc) is 2.24. The molecular formula is C14H29NO2. The fourth-order valence-electron chi connectivity index (χ4n) is 1.70. The molecule has 0 heterocycles. The van der Waals surface area contributed by atoms with Gasteiger partial charge in [-0.15, -0.1) is 6.58 Å². The van der Waals surface area contributed by atoms with Gasteiger partial charge in [-0.1, -0.05) is 19.9 Å². The summed E-state index contributed by atoms with van der Waals surface area (Å²) in [6.07, 6.45) is 4.43. The summed E-state index contributed by atoms with van der Waals surface area (Å²) >= 11 is 0. The van der Waals surface area contributed by atoms with Crippen LogP contribution in [0.2, 0.25) is 0 Å². The Hall–Kier alpha value is -0.380. The van der Waals surface area contributed by atoms with Crippen molar-refractivity contribution in [1.29, 1.82) is 0 Å². The van der Waals surface area contributed by atoms with E-state index in [1.54, 1.807) is 0 Å². The monoisotopic (exact) mass is 243 g/mol. The van der Waals surface area contributed by atoms with Crippen LogP contribution in [0.5, 0.6) is 0 Å². The van der Waals surface area contributed by atoms with Crippen LogP contribution in [0.4, 0.5) is 0 Å². The van der Waals surface area contributed by atoms with Crippen LogP contribution in [-0.4, -0.2) is 34.5 Å². The maximum Gasteiger partial charge on any atom is 0.105 e. The molecule has 0 aliphatic heterocycles. The molecule has 0 amide bonds. The second kappa shape index (κ2) is 7.14. The van der Waals surface area contributed by atoms with Gasteiger partial charge in [-0.2, -0.15) is 5.06 Å². The summed E-state index contributed by atoms with van der Waals surface area (Å²) in [6, 6.07) is 0. The van der Waals surface area contributed by atoms with Crippen LogP contribution in [0, 0.1) is 0 Å². The Morgan fingerprint density at radius 3 is 2.06 bits per heavy atom. The first kappa shape index (κ1) is 16.6. The third-order valence-corrected chi connectivity index (χ3v) is 2.94. The lowest BCUT2D eigenvalue weighted by Gasteiger charge is -2.32. The summed E-state index contributed by atoms with van der Waals surface area (Å²) in [5.41, 5.74) is -0.936. The van der Waals surface area contributed by atoms with E-state index in [9.17, 15) is 5.11 Å². The maximum absolute atomic E-state index is 9.68. The van der Waals surface area contributed by atoms with E-state index in [4.69, 9.17) is 4.84 Å². The van der Waals surface area contributed by atoms with Crippen LogP contribution >= 0.6 is 0 Å². The molecule has 0 aromatic carbocycles. The predicted molar refractivity (Wildman–Crippen MR) is 72.8 cm³/mol. The van der Waals surface area contributed by atoms with E-state index < -0.39 is 5.60 Å². The van der Waals surface area contributed by atoms with Gasteiger partial charge in [0, 0.05) is 13.1 Å². The molecule has 1 N–H and O–H groups in total. The Balaban J connectivity index is 4.23. The molecule has 0 bridgehead atoms. The summed E-state index contributed by atoms with van der Waals surface area (Å²) < 4.78 is 0. The average molecular weight is 243 g/mol. The van der Waals surface area contributed by atoms with Crippen LogP contribution in [0.3, 0.4) is 0 Å². The van der Waals surface area contributed by atoms with E-state index in [0.29, 0.717) is 0 Å². The van der Waals surface area contributed by atoms with E-state index >= 15 is 0 Å². The highest BCUT2D eigenvalue weighted by Crippen LogP contribution is 2.24. The van der Waals surface area contributed by atoms with E-state index in [-0.39, 0.29) is 5.60 Å². The molecule has 0 saturated heterocycles. The maximum atomic E-state index is 9.68. The van der Waals surface area contributed by atoms with Crippen molar-refractivity contribution in [2.75, 3.05) is 13.1 Å². The zero-order valence-corrected chi connectivity index (χ0v) is 12.1. The minimum atomic E-state index is -0.600. The van der Waals surface area contributed by atoms with Gasteiger partial charge < -0.3 is 5.11 Å². The molecule has 0 rings (SSSR count). The fraction of sp³-hybridized carbons (Fsp3) is 0.857. The first-order valence-corrected chi connectivity index (χ1v) is 6.56. The Morgan fingerprint density at radius 2 is 1.71 bits per heavy atom. The van der Waals surface area contributed by atoms with Gasteiger partial charge in [-0.05, 0) is 40.0 Å². The van der Waals surface area contributed by atoms with Crippen LogP contribution in [0.15, 0.2) is 12.7 Å². The quantitative estimate of drug-likeness (QED) is 0.499. The first-order valence-electron chi connectivity index (χ1n) is 6.56. The van der Waals surface area contributed by atoms with E-state index in [0.717, 1.165) is 32.4 Å². The predicted octanol–water partition coefficient (Wildman–Crippen LogP) is 3.15. The molecule has 0 aliphatic rings. The van der Waals surface area contributed by atoms with Crippen molar-refractivity contribution in [3.63, 3.8) is 0 Å². The van der Waals surface area contributed by atoms with Gasteiger partial charge in [-0.25, -0.2) is 0 Å².